The highest BCUT2D eigenvalue weighted by molar-refractivity contribution is 5.76. The van der Waals surface area contributed by atoms with E-state index in [0.717, 1.165) is 23.5 Å². The number of hydrogen-bond donors (Lipinski definition) is 2. The number of hydrogen-bond acceptors (Lipinski definition) is 5. The largest absolute Gasteiger partial charge is 0.492 e. The molecule has 2 N–H and O–H groups in total. The second-order valence-electron chi connectivity index (χ2n) is 6.98. The minimum absolute atomic E-state index is 0.537. The Morgan fingerprint density at radius 2 is 1.81 bits per heavy atom. The molecule has 0 radical (unpaired) electrons. The Morgan fingerprint density at radius 1 is 1.11 bits per heavy atom. The van der Waals surface area contributed by atoms with E-state index >= 15 is 0 Å². The van der Waals surface area contributed by atoms with E-state index in [0.29, 0.717) is 18.9 Å². The number of ether oxygens (including phenoxy) is 2. The van der Waals surface area contributed by atoms with E-state index in [1.54, 1.807) is 12.1 Å². The number of aliphatic carboxylic acids is 1. The van der Waals surface area contributed by atoms with E-state index in [2.05, 4.69) is 5.32 Å². The Bertz CT molecular complexity index is 742. The van der Waals surface area contributed by atoms with Crippen molar-refractivity contribution in [1.29, 1.82) is 0 Å². The number of benzene rings is 2. The average Bonchev–Trinajstić information content (AvgIpc) is 2.62. The van der Waals surface area contributed by atoms with Crippen molar-refractivity contribution in [3.8, 4) is 11.5 Å². The fourth-order valence-corrected chi connectivity index (χ4v) is 2.34. The van der Waals surface area contributed by atoms with Crippen molar-refractivity contribution in [3.63, 3.8) is 0 Å². The first-order chi connectivity index (χ1) is 12.8. The first kappa shape index (κ1) is 20.6. The number of rotatable bonds is 10. The Hall–Kier alpha value is -2.73. The van der Waals surface area contributed by atoms with Crippen molar-refractivity contribution in [2.75, 3.05) is 32.1 Å². The van der Waals surface area contributed by atoms with E-state index in [-0.39, 0.29) is 0 Å². The molecule has 27 heavy (non-hydrogen) atoms. The fraction of sp³-hybridized carbons (Fsp3) is 0.381. The molecule has 0 heterocycles. The van der Waals surface area contributed by atoms with Gasteiger partial charge in [-0.25, -0.2) is 4.79 Å². The Kier molecular flexibility index (Phi) is 7.07. The molecule has 0 aliphatic carbocycles. The smallest absolute Gasteiger partial charge is 0.347 e. The Morgan fingerprint density at radius 3 is 2.44 bits per heavy atom. The first-order valence-electron chi connectivity index (χ1n) is 8.90. The highest BCUT2D eigenvalue weighted by Gasteiger charge is 2.29. The van der Waals surface area contributed by atoms with Crippen molar-refractivity contribution < 1.29 is 19.4 Å². The van der Waals surface area contributed by atoms with Crippen molar-refractivity contribution in [1.82, 2.24) is 5.32 Å². The van der Waals surface area contributed by atoms with Crippen LogP contribution in [0.4, 0.5) is 5.69 Å². The lowest BCUT2D eigenvalue weighted by Crippen LogP contribution is -2.37. The summed E-state index contributed by atoms with van der Waals surface area (Å²) in [6, 6.07) is 15.4. The van der Waals surface area contributed by atoms with Gasteiger partial charge in [0.2, 0.25) is 0 Å². The van der Waals surface area contributed by atoms with Crippen LogP contribution in [0.3, 0.4) is 0 Å². The Balaban J connectivity index is 1.73. The minimum Gasteiger partial charge on any atom is -0.492 e. The van der Waals surface area contributed by atoms with E-state index in [9.17, 15) is 4.79 Å². The molecule has 2 aromatic carbocycles. The van der Waals surface area contributed by atoms with Gasteiger partial charge in [-0.1, -0.05) is 18.2 Å². The molecule has 146 valence electrons. The lowest BCUT2D eigenvalue weighted by Gasteiger charge is -2.21. The molecular formula is C21H28N2O4. The normalized spacial score (nSPS) is 11.1. The predicted octanol–water partition coefficient (Wildman–Crippen LogP) is 3.16. The molecule has 0 atom stereocenters. The quantitative estimate of drug-likeness (QED) is 0.624. The molecule has 0 spiro atoms. The molecule has 0 unspecified atom stereocenters. The molecule has 0 bridgehead atoms. The lowest BCUT2D eigenvalue weighted by atomic mass is 10.1. The zero-order chi connectivity index (χ0) is 19.9. The van der Waals surface area contributed by atoms with Crippen LogP contribution in [0, 0.1) is 0 Å². The highest BCUT2D eigenvalue weighted by Crippen LogP contribution is 2.20. The zero-order valence-corrected chi connectivity index (χ0v) is 16.4. The molecular weight excluding hydrogens is 344 g/mol. The molecule has 2 aromatic rings. The summed E-state index contributed by atoms with van der Waals surface area (Å²) in [6.07, 6.45) is 0. The summed E-state index contributed by atoms with van der Waals surface area (Å²) in [5.74, 6) is 0.394. The third-order valence-corrected chi connectivity index (χ3v) is 4.02. The maximum absolute atomic E-state index is 11.1. The van der Waals surface area contributed by atoms with Gasteiger partial charge in [0, 0.05) is 38.9 Å². The van der Waals surface area contributed by atoms with Gasteiger partial charge in [-0.05, 0) is 43.7 Å². The van der Waals surface area contributed by atoms with Gasteiger partial charge in [0.05, 0.1) is 0 Å². The maximum Gasteiger partial charge on any atom is 0.347 e. The number of carboxylic acid groups (broad SMARTS) is 1. The van der Waals surface area contributed by atoms with Crippen molar-refractivity contribution in [2.45, 2.75) is 26.0 Å². The van der Waals surface area contributed by atoms with Gasteiger partial charge >= 0.3 is 5.97 Å². The molecule has 0 saturated carbocycles. The van der Waals surface area contributed by atoms with Crippen molar-refractivity contribution in [3.05, 3.63) is 54.1 Å². The van der Waals surface area contributed by atoms with Gasteiger partial charge < -0.3 is 24.8 Å². The van der Waals surface area contributed by atoms with E-state index in [1.807, 2.05) is 55.4 Å². The summed E-state index contributed by atoms with van der Waals surface area (Å²) in [5.41, 5.74) is 0.944. The van der Waals surface area contributed by atoms with E-state index in [1.165, 1.54) is 13.8 Å². The summed E-state index contributed by atoms with van der Waals surface area (Å²) < 4.78 is 11.3. The van der Waals surface area contributed by atoms with Crippen LogP contribution in [0.1, 0.15) is 19.4 Å². The van der Waals surface area contributed by atoms with Crippen molar-refractivity contribution >= 4 is 11.7 Å². The number of nitrogens with one attached hydrogen (secondary N) is 1. The number of carbonyl (C=O) groups is 1. The molecule has 0 aliphatic heterocycles. The number of anilines is 1. The number of nitrogens with zero attached hydrogens (tertiary/aromatic N) is 1. The van der Waals surface area contributed by atoms with Crippen LogP contribution in [0.15, 0.2) is 48.5 Å². The van der Waals surface area contributed by atoms with Crippen LogP contribution >= 0.6 is 0 Å². The summed E-state index contributed by atoms with van der Waals surface area (Å²) in [4.78, 5) is 13.1. The zero-order valence-electron chi connectivity index (χ0n) is 16.4. The summed E-state index contributed by atoms with van der Waals surface area (Å²) in [7, 11) is 4.00. The average molecular weight is 372 g/mol. The molecule has 0 saturated heterocycles. The highest BCUT2D eigenvalue weighted by atomic mass is 16.5. The van der Waals surface area contributed by atoms with Crippen LogP contribution in [-0.2, 0) is 11.3 Å². The second-order valence-corrected chi connectivity index (χ2v) is 6.98. The van der Waals surface area contributed by atoms with Crippen LogP contribution in [0.5, 0.6) is 11.5 Å². The third kappa shape index (κ3) is 6.49. The molecule has 0 aromatic heterocycles. The van der Waals surface area contributed by atoms with Crippen molar-refractivity contribution in [2.24, 2.45) is 0 Å². The van der Waals surface area contributed by atoms with Gasteiger partial charge in [-0.15, -0.1) is 0 Å². The van der Waals surface area contributed by atoms with Crippen LogP contribution in [0.2, 0.25) is 0 Å². The van der Waals surface area contributed by atoms with Crippen LogP contribution in [0.25, 0.3) is 0 Å². The van der Waals surface area contributed by atoms with Gasteiger partial charge in [-0.2, -0.15) is 0 Å². The molecule has 0 fully saturated rings. The van der Waals surface area contributed by atoms with Crippen LogP contribution < -0.4 is 19.7 Å². The lowest BCUT2D eigenvalue weighted by molar-refractivity contribution is -0.152. The van der Waals surface area contributed by atoms with Gasteiger partial charge in [0.1, 0.15) is 18.1 Å². The fourth-order valence-electron chi connectivity index (χ4n) is 2.34. The summed E-state index contributed by atoms with van der Waals surface area (Å²) in [6.45, 7) is 5.04. The topological polar surface area (TPSA) is 71.0 Å². The van der Waals surface area contributed by atoms with Crippen LogP contribution in [-0.4, -0.2) is 43.9 Å². The molecule has 6 nitrogen and oxygen atoms in total. The standard InChI is InChI=1S/C21H28N2O4/c1-21(2,20(24)25)27-18-10-8-16(9-11-18)15-22-12-13-26-19-7-5-6-17(14-19)23(3)4/h5-11,14,22H,12-13,15H2,1-4H3,(H,24,25). The molecule has 0 amide bonds. The van der Waals surface area contributed by atoms with Gasteiger partial charge in [0.25, 0.3) is 0 Å². The minimum atomic E-state index is -1.25. The van der Waals surface area contributed by atoms with E-state index < -0.39 is 11.6 Å². The second kappa shape index (κ2) is 9.28. The molecule has 2 rings (SSSR count). The summed E-state index contributed by atoms with van der Waals surface area (Å²) in [5, 5.41) is 12.4. The van der Waals surface area contributed by atoms with Gasteiger partial charge in [0.15, 0.2) is 5.60 Å². The van der Waals surface area contributed by atoms with E-state index in [4.69, 9.17) is 14.6 Å². The first-order valence-corrected chi connectivity index (χ1v) is 8.90. The Labute approximate surface area is 160 Å². The monoisotopic (exact) mass is 372 g/mol. The summed E-state index contributed by atoms with van der Waals surface area (Å²) >= 11 is 0. The third-order valence-electron chi connectivity index (χ3n) is 4.02. The maximum atomic E-state index is 11.1. The molecule has 0 aliphatic rings. The number of carboxylic acids is 1. The van der Waals surface area contributed by atoms with Gasteiger partial charge in [-0.3, -0.25) is 0 Å². The molecule has 6 heteroatoms. The predicted molar refractivity (Wildman–Crippen MR) is 107 cm³/mol. The SMILES string of the molecule is CN(C)c1cccc(OCCNCc2ccc(OC(C)(C)C(=O)O)cc2)c1.